The van der Waals surface area contributed by atoms with Gasteiger partial charge in [-0.25, -0.2) is 6.57 Å². The van der Waals surface area contributed by atoms with Gasteiger partial charge >= 0.3 is 6.01 Å². The first kappa shape index (κ1) is 28.6. The highest BCUT2D eigenvalue weighted by atomic mass is 79.9. The second-order valence-electron chi connectivity index (χ2n) is 11.7. The van der Waals surface area contributed by atoms with Gasteiger partial charge in [-0.05, 0) is 62.9 Å². The third-order valence-corrected chi connectivity index (χ3v) is 9.86. The van der Waals surface area contributed by atoms with Gasteiger partial charge in [0.1, 0.15) is 12.4 Å². The van der Waals surface area contributed by atoms with Crippen LogP contribution in [0.2, 0.25) is 0 Å². The summed E-state index contributed by atoms with van der Waals surface area (Å²) in [5.74, 6) is 0.707. The van der Waals surface area contributed by atoms with Crippen LogP contribution in [0.5, 0.6) is 6.01 Å². The number of likely N-dealkylation sites (tertiary alicyclic amines) is 1. The number of rotatable bonds is 8. The third-order valence-electron chi connectivity index (χ3n) is 9.20. The maximum Gasteiger partial charge on any atom is 0.318 e. The van der Waals surface area contributed by atoms with Crippen LogP contribution in [0.25, 0.3) is 15.6 Å². The Morgan fingerprint density at radius 2 is 2.00 bits per heavy atom. The van der Waals surface area contributed by atoms with Crippen molar-refractivity contribution in [1.82, 2.24) is 14.9 Å². The fourth-order valence-electron chi connectivity index (χ4n) is 6.87. The Hall–Kier alpha value is -3.48. The minimum absolute atomic E-state index is 0.0367. The molecule has 0 spiro atoms. The maximum absolute atomic E-state index is 12.6. The molecule has 1 aromatic heterocycles. The zero-order valence-corrected chi connectivity index (χ0v) is 25.7. The van der Waals surface area contributed by atoms with Crippen molar-refractivity contribution < 1.29 is 9.53 Å². The van der Waals surface area contributed by atoms with E-state index >= 15 is 0 Å². The van der Waals surface area contributed by atoms with Crippen molar-refractivity contribution in [1.29, 1.82) is 0 Å². The number of nitrogens with zero attached hydrogens (tertiary/aromatic N) is 6. The van der Waals surface area contributed by atoms with E-state index in [1.165, 1.54) is 29.0 Å². The van der Waals surface area contributed by atoms with E-state index in [0.717, 1.165) is 47.5 Å². The topological polar surface area (TPSA) is 66.2 Å². The van der Waals surface area contributed by atoms with E-state index in [4.69, 9.17) is 21.3 Å². The van der Waals surface area contributed by atoms with Crippen LogP contribution in [-0.4, -0.2) is 73.1 Å². The van der Waals surface area contributed by atoms with E-state index in [-0.39, 0.29) is 17.6 Å². The summed E-state index contributed by atoms with van der Waals surface area (Å²) in [6.07, 6.45) is 5.19. The summed E-state index contributed by atoms with van der Waals surface area (Å²) < 4.78 is 7.39. The molecule has 2 aromatic carbocycles. The number of benzene rings is 2. The molecule has 8 nitrogen and oxygen atoms in total. The van der Waals surface area contributed by atoms with Crippen LogP contribution in [0.1, 0.15) is 30.5 Å². The molecule has 0 radical (unpaired) electrons. The zero-order valence-electron chi connectivity index (χ0n) is 24.1. The van der Waals surface area contributed by atoms with Crippen LogP contribution in [0.4, 0.5) is 11.5 Å². The largest absolute Gasteiger partial charge is 0.462 e. The second-order valence-corrected chi connectivity index (χ2v) is 12.5. The summed E-state index contributed by atoms with van der Waals surface area (Å²) in [4.78, 5) is 33.3. The first-order valence-corrected chi connectivity index (χ1v) is 15.7. The van der Waals surface area contributed by atoms with Crippen molar-refractivity contribution in [2.75, 3.05) is 56.2 Å². The second kappa shape index (κ2) is 12.4. The minimum Gasteiger partial charge on any atom is -0.462 e. The van der Waals surface area contributed by atoms with E-state index in [9.17, 15) is 4.79 Å². The molecule has 3 atom stereocenters. The predicted molar refractivity (Wildman–Crippen MR) is 170 cm³/mol. The Balaban J connectivity index is 1.34. The molecule has 6 rings (SSSR count). The van der Waals surface area contributed by atoms with Crippen LogP contribution in [-0.2, 0) is 17.8 Å². The quantitative estimate of drug-likeness (QED) is 0.239. The molecule has 4 heterocycles. The van der Waals surface area contributed by atoms with Gasteiger partial charge in [-0.2, -0.15) is 9.97 Å². The lowest BCUT2D eigenvalue weighted by molar-refractivity contribution is -0.120. The van der Waals surface area contributed by atoms with Crippen LogP contribution in [0, 0.1) is 18.4 Å². The van der Waals surface area contributed by atoms with Crippen molar-refractivity contribution in [3.63, 3.8) is 0 Å². The summed E-state index contributed by atoms with van der Waals surface area (Å²) in [5.41, 5.74) is 3.31. The molecule has 1 unspecified atom stereocenters. The van der Waals surface area contributed by atoms with E-state index in [0.29, 0.717) is 51.3 Å². The number of halogens is 1. The summed E-state index contributed by atoms with van der Waals surface area (Å²) in [7, 11) is 2.15. The number of ketones is 1. The van der Waals surface area contributed by atoms with Gasteiger partial charge in [0.25, 0.3) is 0 Å². The molecule has 42 heavy (non-hydrogen) atoms. The van der Waals surface area contributed by atoms with Crippen molar-refractivity contribution in [2.24, 2.45) is 11.8 Å². The molecule has 3 aliphatic heterocycles. The predicted octanol–water partition coefficient (Wildman–Crippen LogP) is 5.54. The highest BCUT2D eigenvalue weighted by Gasteiger charge is 2.37. The zero-order chi connectivity index (χ0) is 29.2. The van der Waals surface area contributed by atoms with Crippen molar-refractivity contribution in [3.8, 4) is 6.01 Å². The lowest BCUT2D eigenvalue weighted by atomic mass is 9.82. The van der Waals surface area contributed by atoms with Gasteiger partial charge in [0, 0.05) is 52.7 Å². The van der Waals surface area contributed by atoms with Gasteiger partial charge in [-0.15, -0.1) is 0 Å². The number of fused-ring (bicyclic) bond motifs is 2. The number of carbonyl (C=O) groups excluding carboxylic acids is 1. The molecular formula is C33H37BrN6O2. The Labute approximate surface area is 256 Å². The first-order valence-electron chi connectivity index (χ1n) is 14.9. The lowest BCUT2D eigenvalue weighted by Crippen LogP contribution is -2.45. The van der Waals surface area contributed by atoms with Crippen LogP contribution in [0.15, 0.2) is 53.5 Å². The van der Waals surface area contributed by atoms with Gasteiger partial charge in [-0.3, -0.25) is 4.79 Å². The standard InChI is InChI=1S/C33H37BrN6O2/c1-4-30(41)25-13-17-40(19-23(25)18-35-2)32-26-14-16-39(29-12-6-9-22-8-5-11-27(34)31(22)29)20-28(26)36-33(37-32)42-21-24-10-7-15-38(24)3/h4-6,8-9,11-12,23-25H,1,7,10,13-21H2,3H3/t23-,24-,25?/m0/s1. The number of carbonyl (C=O) groups is 1. The molecule has 2 fully saturated rings. The normalized spacial score (nSPS) is 22.5. The smallest absolute Gasteiger partial charge is 0.318 e. The SMILES string of the molecule is [C-]#[N+]C[C@H]1CN(c2nc(OC[C@@H]3CCCN3C)nc3c2CCN(c2cccc4cccc(Br)c24)C3)CCC1C(=O)C=C. The number of piperidine rings is 1. The number of aromatic nitrogens is 2. The molecule has 0 saturated carbocycles. The molecule has 0 N–H and O–H groups in total. The number of hydrogen-bond donors (Lipinski definition) is 0. The highest BCUT2D eigenvalue weighted by Crippen LogP contribution is 2.38. The molecular weight excluding hydrogens is 592 g/mol. The Kier molecular flexibility index (Phi) is 8.45. The van der Waals surface area contributed by atoms with Crippen LogP contribution >= 0.6 is 15.9 Å². The minimum atomic E-state index is -0.167. The number of allylic oxidation sites excluding steroid dienone is 1. The van der Waals surface area contributed by atoms with E-state index < -0.39 is 0 Å². The molecule has 9 heteroatoms. The fraction of sp³-hybridized carbons (Fsp3) is 0.455. The maximum atomic E-state index is 12.6. The highest BCUT2D eigenvalue weighted by molar-refractivity contribution is 9.10. The average molecular weight is 630 g/mol. The lowest BCUT2D eigenvalue weighted by Gasteiger charge is -2.39. The van der Waals surface area contributed by atoms with Gasteiger partial charge in [0.2, 0.25) is 6.54 Å². The summed E-state index contributed by atoms with van der Waals surface area (Å²) in [5, 5.41) is 2.40. The van der Waals surface area contributed by atoms with Gasteiger partial charge in [-0.1, -0.05) is 46.8 Å². The molecule has 218 valence electrons. The Morgan fingerprint density at radius 3 is 2.76 bits per heavy atom. The first-order chi connectivity index (χ1) is 20.5. The van der Waals surface area contributed by atoms with E-state index in [1.54, 1.807) is 0 Å². The summed E-state index contributed by atoms with van der Waals surface area (Å²) in [6, 6.07) is 13.5. The molecule has 2 saturated heterocycles. The van der Waals surface area contributed by atoms with Crippen molar-refractivity contribution in [2.45, 2.75) is 38.3 Å². The molecule has 0 aliphatic carbocycles. The molecule has 3 aliphatic rings. The Bertz CT molecular complexity index is 1530. The van der Waals surface area contributed by atoms with Gasteiger partial charge < -0.3 is 24.3 Å². The molecule has 0 bridgehead atoms. The van der Waals surface area contributed by atoms with Gasteiger partial charge in [0.15, 0.2) is 5.78 Å². The van der Waals surface area contributed by atoms with Crippen LogP contribution in [0.3, 0.4) is 0 Å². The molecule has 3 aromatic rings. The number of ether oxygens (including phenoxy) is 1. The monoisotopic (exact) mass is 628 g/mol. The van der Waals surface area contributed by atoms with Crippen LogP contribution < -0.4 is 14.5 Å². The van der Waals surface area contributed by atoms with Crippen molar-refractivity contribution in [3.05, 3.63) is 76.2 Å². The number of anilines is 2. The average Bonchev–Trinajstić information content (AvgIpc) is 3.43. The summed E-state index contributed by atoms with van der Waals surface area (Å²) in [6.45, 7) is 16.0. The summed E-state index contributed by atoms with van der Waals surface area (Å²) >= 11 is 3.78. The van der Waals surface area contributed by atoms with E-state index in [1.807, 2.05) is 0 Å². The number of likely N-dealkylation sites (N-methyl/N-ethyl adjacent to an activating group) is 1. The van der Waals surface area contributed by atoms with Crippen molar-refractivity contribution >= 4 is 44.0 Å². The number of hydrogen-bond acceptors (Lipinski definition) is 7. The Morgan fingerprint density at radius 1 is 1.17 bits per heavy atom. The molecule has 0 amide bonds. The van der Waals surface area contributed by atoms with Gasteiger partial charge in [0.05, 0.1) is 18.2 Å². The fourth-order valence-corrected chi connectivity index (χ4v) is 7.46. The third kappa shape index (κ3) is 5.62. The van der Waals surface area contributed by atoms with E-state index in [2.05, 4.69) is 85.5 Å².